The van der Waals surface area contributed by atoms with Crippen LogP contribution in [0.1, 0.15) is 16.8 Å². The van der Waals surface area contributed by atoms with Crippen molar-refractivity contribution >= 4 is 5.82 Å². The molecule has 0 unspecified atom stereocenters. The highest BCUT2D eigenvalue weighted by Crippen LogP contribution is 2.20. The Balaban J connectivity index is 3.07. The fourth-order valence-electron chi connectivity index (χ4n) is 1.57. The summed E-state index contributed by atoms with van der Waals surface area (Å²) in [5.74, 6) is 0.733. The molecule has 0 atom stereocenters. The number of nitriles is 1. The molecule has 1 heterocycles. The standard InChI is InChI=1S/C12H17N3O/c1-9-7-10(2)14-12(11(9)8-13)15(3)5-6-16-4/h7H,5-6H2,1-4H3. The number of likely N-dealkylation sites (N-methyl/N-ethyl adjacent to an activating group) is 1. The molecule has 0 fully saturated rings. The summed E-state index contributed by atoms with van der Waals surface area (Å²) in [4.78, 5) is 6.35. The molecule has 0 aliphatic carbocycles. The number of hydrogen-bond donors (Lipinski definition) is 0. The van der Waals surface area contributed by atoms with E-state index in [1.54, 1.807) is 7.11 Å². The molecule has 0 radical (unpaired) electrons. The molecule has 0 amide bonds. The molecule has 86 valence electrons. The largest absolute Gasteiger partial charge is 0.383 e. The number of methoxy groups -OCH3 is 1. The third-order valence-electron chi connectivity index (χ3n) is 2.43. The van der Waals surface area contributed by atoms with Crippen molar-refractivity contribution in [2.24, 2.45) is 0 Å². The second-order valence-corrected chi connectivity index (χ2v) is 3.81. The van der Waals surface area contributed by atoms with Gasteiger partial charge in [-0.15, -0.1) is 0 Å². The average Bonchev–Trinajstić information content (AvgIpc) is 2.24. The maximum Gasteiger partial charge on any atom is 0.146 e. The molecular formula is C12H17N3O. The molecule has 4 heteroatoms. The van der Waals surface area contributed by atoms with Gasteiger partial charge < -0.3 is 9.64 Å². The summed E-state index contributed by atoms with van der Waals surface area (Å²) in [6.07, 6.45) is 0. The van der Waals surface area contributed by atoms with E-state index in [2.05, 4.69) is 11.1 Å². The minimum atomic E-state index is 0.621. The highest BCUT2D eigenvalue weighted by Gasteiger charge is 2.12. The maximum atomic E-state index is 9.12. The lowest BCUT2D eigenvalue weighted by molar-refractivity contribution is 0.206. The molecular weight excluding hydrogens is 202 g/mol. The number of ether oxygens (including phenoxy) is 1. The van der Waals surface area contributed by atoms with Crippen LogP contribution in [0.4, 0.5) is 5.82 Å². The van der Waals surface area contributed by atoms with Crippen LogP contribution >= 0.6 is 0 Å². The first-order valence-electron chi connectivity index (χ1n) is 5.18. The minimum Gasteiger partial charge on any atom is -0.383 e. The van der Waals surface area contributed by atoms with Gasteiger partial charge in [0.2, 0.25) is 0 Å². The molecule has 0 aliphatic rings. The number of pyridine rings is 1. The smallest absolute Gasteiger partial charge is 0.146 e. The van der Waals surface area contributed by atoms with E-state index in [-0.39, 0.29) is 0 Å². The molecule has 0 saturated carbocycles. The Bertz CT molecular complexity index is 409. The van der Waals surface area contributed by atoms with Crippen molar-refractivity contribution in [2.75, 3.05) is 32.2 Å². The van der Waals surface area contributed by atoms with E-state index in [4.69, 9.17) is 10.00 Å². The van der Waals surface area contributed by atoms with Crippen LogP contribution in [0.5, 0.6) is 0 Å². The molecule has 1 aromatic rings. The molecule has 0 N–H and O–H groups in total. The van der Waals surface area contributed by atoms with Crippen LogP contribution in [0.3, 0.4) is 0 Å². The third-order valence-corrected chi connectivity index (χ3v) is 2.43. The summed E-state index contributed by atoms with van der Waals surface area (Å²) in [5.41, 5.74) is 2.54. The Morgan fingerprint density at radius 2 is 2.19 bits per heavy atom. The van der Waals surface area contributed by atoms with E-state index >= 15 is 0 Å². The van der Waals surface area contributed by atoms with Gasteiger partial charge in [-0.1, -0.05) is 0 Å². The Hall–Kier alpha value is -1.60. The SMILES string of the molecule is COCCN(C)c1nc(C)cc(C)c1C#N. The second-order valence-electron chi connectivity index (χ2n) is 3.81. The van der Waals surface area contributed by atoms with Gasteiger partial charge in [0.25, 0.3) is 0 Å². The van der Waals surface area contributed by atoms with Crippen LogP contribution in [0.2, 0.25) is 0 Å². The van der Waals surface area contributed by atoms with Crippen LogP contribution in [-0.4, -0.2) is 32.3 Å². The number of aromatic nitrogens is 1. The van der Waals surface area contributed by atoms with Crippen molar-refractivity contribution in [3.05, 3.63) is 22.9 Å². The topological polar surface area (TPSA) is 49.1 Å². The van der Waals surface area contributed by atoms with Gasteiger partial charge in [-0.3, -0.25) is 0 Å². The van der Waals surface area contributed by atoms with Gasteiger partial charge in [0.05, 0.1) is 12.2 Å². The average molecular weight is 219 g/mol. The first-order chi connectivity index (χ1) is 7.60. The van der Waals surface area contributed by atoms with Gasteiger partial charge in [0.1, 0.15) is 11.9 Å². The Morgan fingerprint density at radius 3 is 2.75 bits per heavy atom. The predicted molar refractivity (Wildman–Crippen MR) is 63.6 cm³/mol. The van der Waals surface area contributed by atoms with Gasteiger partial charge in [0, 0.05) is 26.4 Å². The highest BCUT2D eigenvalue weighted by atomic mass is 16.5. The highest BCUT2D eigenvalue weighted by molar-refractivity contribution is 5.57. The summed E-state index contributed by atoms with van der Waals surface area (Å²) in [6, 6.07) is 4.13. The van der Waals surface area contributed by atoms with E-state index in [0.717, 1.165) is 23.6 Å². The summed E-state index contributed by atoms with van der Waals surface area (Å²) >= 11 is 0. The van der Waals surface area contributed by atoms with Crippen molar-refractivity contribution in [3.8, 4) is 6.07 Å². The van der Waals surface area contributed by atoms with Crippen LogP contribution in [-0.2, 0) is 4.74 Å². The minimum absolute atomic E-state index is 0.621. The quantitative estimate of drug-likeness (QED) is 0.772. The van der Waals surface area contributed by atoms with E-state index in [1.807, 2.05) is 31.9 Å². The maximum absolute atomic E-state index is 9.12. The van der Waals surface area contributed by atoms with Crippen molar-refractivity contribution in [1.29, 1.82) is 5.26 Å². The van der Waals surface area contributed by atoms with E-state index in [9.17, 15) is 0 Å². The summed E-state index contributed by atoms with van der Waals surface area (Å²) < 4.78 is 5.02. The Labute approximate surface area is 96.5 Å². The van der Waals surface area contributed by atoms with Crippen molar-refractivity contribution < 1.29 is 4.74 Å². The lowest BCUT2D eigenvalue weighted by Crippen LogP contribution is -2.24. The zero-order valence-electron chi connectivity index (χ0n) is 10.2. The predicted octanol–water partition coefficient (Wildman–Crippen LogP) is 1.65. The monoisotopic (exact) mass is 219 g/mol. The first kappa shape index (κ1) is 12.5. The first-order valence-corrected chi connectivity index (χ1v) is 5.18. The molecule has 0 bridgehead atoms. The third kappa shape index (κ3) is 2.71. The van der Waals surface area contributed by atoms with Crippen molar-refractivity contribution in [2.45, 2.75) is 13.8 Å². The van der Waals surface area contributed by atoms with Gasteiger partial charge in [-0.25, -0.2) is 4.98 Å². The fraction of sp³-hybridized carbons (Fsp3) is 0.500. The molecule has 0 aliphatic heterocycles. The van der Waals surface area contributed by atoms with Crippen LogP contribution in [0.25, 0.3) is 0 Å². The summed E-state index contributed by atoms with van der Waals surface area (Å²) in [5, 5.41) is 9.12. The number of nitrogens with zero attached hydrogens (tertiary/aromatic N) is 3. The fourth-order valence-corrected chi connectivity index (χ4v) is 1.57. The zero-order chi connectivity index (χ0) is 12.1. The van der Waals surface area contributed by atoms with E-state index in [0.29, 0.717) is 12.2 Å². The van der Waals surface area contributed by atoms with Crippen LogP contribution < -0.4 is 4.90 Å². The molecule has 1 rings (SSSR count). The zero-order valence-corrected chi connectivity index (χ0v) is 10.2. The van der Waals surface area contributed by atoms with Gasteiger partial charge in [-0.2, -0.15) is 5.26 Å². The van der Waals surface area contributed by atoms with Crippen molar-refractivity contribution in [1.82, 2.24) is 4.98 Å². The number of aryl methyl sites for hydroxylation is 2. The molecule has 0 spiro atoms. The lowest BCUT2D eigenvalue weighted by atomic mass is 10.1. The molecule has 0 aromatic carbocycles. The molecule has 4 nitrogen and oxygen atoms in total. The van der Waals surface area contributed by atoms with Crippen LogP contribution in [0, 0.1) is 25.2 Å². The van der Waals surface area contributed by atoms with Crippen molar-refractivity contribution in [3.63, 3.8) is 0 Å². The Morgan fingerprint density at radius 1 is 1.50 bits per heavy atom. The second kappa shape index (κ2) is 5.47. The van der Waals surface area contributed by atoms with Gasteiger partial charge in [-0.05, 0) is 25.5 Å². The van der Waals surface area contributed by atoms with Gasteiger partial charge >= 0.3 is 0 Å². The number of hydrogen-bond acceptors (Lipinski definition) is 4. The number of anilines is 1. The molecule has 0 saturated heterocycles. The molecule has 16 heavy (non-hydrogen) atoms. The normalized spacial score (nSPS) is 9.94. The van der Waals surface area contributed by atoms with Gasteiger partial charge in [0.15, 0.2) is 0 Å². The van der Waals surface area contributed by atoms with E-state index in [1.165, 1.54) is 0 Å². The molecule has 1 aromatic heterocycles. The Kier molecular flexibility index (Phi) is 4.27. The summed E-state index contributed by atoms with van der Waals surface area (Å²) in [6.45, 7) is 5.21. The lowest BCUT2D eigenvalue weighted by Gasteiger charge is -2.20. The van der Waals surface area contributed by atoms with Crippen LogP contribution in [0.15, 0.2) is 6.07 Å². The summed E-state index contributed by atoms with van der Waals surface area (Å²) in [7, 11) is 3.58. The van der Waals surface area contributed by atoms with E-state index < -0.39 is 0 Å². The number of rotatable bonds is 4.